The van der Waals surface area contributed by atoms with E-state index in [1.54, 1.807) is 11.1 Å². The number of rotatable bonds is 2. The van der Waals surface area contributed by atoms with E-state index in [1.807, 2.05) is 0 Å². The molecule has 20 heavy (non-hydrogen) atoms. The molecule has 0 saturated heterocycles. The van der Waals surface area contributed by atoms with Gasteiger partial charge in [-0.15, -0.1) is 0 Å². The third-order valence-electron chi connectivity index (χ3n) is 5.47. The number of hydrogen-bond acceptors (Lipinski definition) is 0. The molecule has 2 fully saturated rings. The molecule has 0 unspecified atom stereocenters. The Kier molecular flexibility index (Phi) is 8.98. The average Bonchev–Trinajstić information content (AvgIpc) is 2.55. The minimum atomic E-state index is 1.07. The Hall–Kier alpha value is -0.520. The zero-order valence-electron chi connectivity index (χ0n) is 14.4. The van der Waals surface area contributed by atoms with Crippen molar-refractivity contribution in [2.24, 2.45) is 11.8 Å². The summed E-state index contributed by atoms with van der Waals surface area (Å²) in [6, 6.07) is 0. The molecule has 0 heteroatoms. The van der Waals surface area contributed by atoms with Gasteiger partial charge >= 0.3 is 0 Å². The van der Waals surface area contributed by atoms with Crippen LogP contribution in [0.2, 0.25) is 0 Å². The highest BCUT2D eigenvalue weighted by Gasteiger charge is 2.17. The van der Waals surface area contributed by atoms with E-state index in [0.29, 0.717) is 0 Å². The van der Waals surface area contributed by atoms with Gasteiger partial charge in [-0.3, -0.25) is 0 Å². The van der Waals surface area contributed by atoms with Crippen LogP contribution in [-0.2, 0) is 0 Å². The summed E-state index contributed by atoms with van der Waals surface area (Å²) in [6.45, 7) is 8.96. The molecule has 0 heterocycles. The Labute approximate surface area is 127 Å². The lowest BCUT2D eigenvalue weighted by Crippen LogP contribution is -2.12. The lowest BCUT2D eigenvalue weighted by atomic mass is 9.80. The molecule has 116 valence electrons. The quantitative estimate of drug-likeness (QED) is 0.473. The van der Waals surface area contributed by atoms with Crippen molar-refractivity contribution in [2.75, 3.05) is 0 Å². The first kappa shape index (κ1) is 17.5. The summed E-state index contributed by atoms with van der Waals surface area (Å²) in [5.74, 6) is 2.14. The van der Waals surface area contributed by atoms with Crippen LogP contribution in [0.1, 0.15) is 91.9 Å². The van der Waals surface area contributed by atoms with Crippen LogP contribution < -0.4 is 0 Å². The van der Waals surface area contributed by atoms with Crippen molar-refractivity contribution in [3.05, 3.63) is 23.3 Å². The van der Waals surface area contributed by atoms with Crippen molar-refractivity contribution in [3.63, 3.8) is 0 Å². The number of allylic oxidation sites excluding steroid dienone is 4. The van der Waals surface area contributed by atoms with Crippen molar-refractivity contribution >= 4 is 0 Å². The second kappa shape index (κ2) is 10.2. The van der Waals surface area contributed by atoms with Gasteiger partial charge in [0.05, 0.1) is 0 Å². The van der Waals surface area contributed by atoms with E-state index in [2.05, 4.69) is 39.8 Å². The molecule has 0 nitrogen and oxygen atoms in total. The first-order valence-electron chi connectivity index (χ1n) is 9.01. The maximum Gasteiger partial charge on any atom is -0.0283 e. The van der Waals surface area contributed by atoms with Gasteiger partial charge in [-0.05, 0) is 51.4 Å². The molecule has 2 aliphatic rings. The largest absolute Gasteiger partial charge is 0.0884 e. The van der Waals surface area contributed by atoms with Gasteiger partial charge in [-0.1, -0.05) is 75.7 Å². The molecule has 0 aliphatic heterocycles. The van der Waals surface area contributed by atoms with Gasteiger partial charge in [0.1, 0.15) is 0 Å². The molecule has 2 saturated carbocycles. The van der Waals surface area contributed by atoms with Crippen LogP contribution in [0.15, 0.2) is 23.3 Å². The Balaban J connectivity index is 0.000000200. The fourth-order valence-corrected chi connectivity index (χ4v) is 3.52. The van der Waals surface area contributed by atoms with E-state index in [-0.39, 0.29) is 0 Å². The maximum absolute atomic E-state index is 2.33. The normalized spacial score (nSPS) is 26.6. The Morgan fingerprint density at radius 3 is 1.20 bits per heavy atom. The van der Waals surface area contributed by atoms with Crippen molar-refractivity contribution in [2.45, 2.75) is 91.9 Å². The summed E-state index contributed by atoms with van der Waals surface area (Å²) in [7, 11) is 0. The van der Waals surface area contributed by atoms with Crippen LogP contribution in [0.25, 0.3) is 0 Å². The SMILES string of the molecule is CC=C1CCC(=CC)CC1.CCC1CCC(CC)CC1. The van der Waals surface area contributed by atoms with Crippen LogP contribution >= 0.6 is 0 Å². The van der Waals surface area contributed by atoms with Crippen LogP contribution in [0.3, 0.4) is 0 Å². The lowest BCUT2D eigenvalue weighted by molar-refractivity contribution is 0.264. The van der Waals surface area contributed by atoms with Gasteiger partial charge in [0.25, 0.3) is 0 Å². The van der Waals surface area contributed by atoms with Crippen LogP contribution in [-0.4, -0.2) is 0 Å². The van der Waals surface area contributed by atoms with E-state index < -0.39 is 0 Å². The molecule has 2 rings (SSSR count). The molecule has 0 bridgehead atoms. The van der Waals surface area contributed by atoms with Gasteiger partial charge in [-0.25, -0.2) is 0 Å². The lowest BCUT2D eigenvalue weighted by Gasteiger charge is -2.26. The molecule has 0 N–H and O–H groups in total. The molecule has 0 aromatic carbocycles. The molecule has 0 spiro atoms. The van der Waals surface area contributed by atoms with E-state index in [1.165, 1.54) is 64.2 Å². The molecule has 0 aromatic rings. The highest BCUT2D eigenvalue weighted by atomic mass is 14.2. The zero-order chi connectivity index (χ0) is 14.8. The van der Waals surface area contributed by atoms with E-state index >= 15 is 0 Å². The smallest absolute Gasteiger partial charge is 0.0283 e. The minimum Gasteiger partial charge on any atom is -0.0884 e. The van der Waals surface area contributed by atoms with Crippen molar-refractivity contribution in [1.82, 2.24) is 0 Å². The highest BCUT2D eigenvalue weighted by molar-refractivity contribution is 5.14. The maximum atomic E-state index is 2.33. The fourth-order valence-electron chi connectivity index (χ4n) is 3.52. The Bertz CT molecular complexity index is 256. The third kappa shape index (κ3) is 6.29. The summed E-state index contributed by atoms with van der Waals surface area (Å²) in [5.41, 5.74) is 3.29. The van der Waals surface area contributed by atoms with Crippen LogP contribution in [0.4, 0.5) is 0 Å². The zero-order valence-corrected chi connectivity index (χ0v) is 14.4. The monoisotopic (exact) mass is 276 g/mol. The standard InChI is InChI=1S/C10H20.C10H16/c2*1-3-9-5-7-10(4-2)8-6-9/h9-10H,3-8H2,1-2H3;3-4H,5-8H2,1-2H3. The van der Waals surface area contributed by atoms with E-state index in [4.69, 9.17) is 0 Å². The molecule has 2 aliphatic carbocycles. The Morgan fingerprint density at radius 2 is 1.00 bits per heavy atom. The summed E-state index contributed by atoms with van der Waals surface area (Å²) in [6.07, 6.45) is 18.6. The van der Waals surface area contributed by atoms with Gasteiger partial charge in [0.2, 0.25) is 0 Å². The topological polar surface area (TPSA) is 0 Å². The first-order chi connectivity index (χ1) is 9.73. The molecular weight excluding hydrogens is 240 g/mol. The summed E-state index contributed by atoms with van der Waals surface area (Å²) >= 11 is 0. The average molecular weight is 277 g/mol. The predicted molar refractivity (Wildman–Crippen MR) is 92.0 cm³/mol. The van der Waals surface area contributed by atoms with E-state index in [9.17, 15) is 0 Å². The molecule has 0 aromatic heterocycles. The Morgan fingerprint density at radius 1 is 0.700 bits per heavy atom. The second-order valence-electron chi connectivity index (χ2n) is 6.60. The molecule has 0 atom stereocenters. The number of hydrogen-bond donors (Lipinski definition) is 0. The summed E-state index contributed by atoms with van der Waals surface area (Å²) < 4.78 is 0. The van der Waals surface area contributed by atoms with E-state index in [0.717, 1.165) is 11.8 Å². The van der Waals surface area contributed by atoms with Crippen molar-refractivity contribution in [3.8, 4) is 0 Å². The molecular formula is C20H36. The fraction of sp³-hybridized carbons (Fsp3) is 0.800. The summed E-state index contributed by atoms with van der Waals surface area (Å²) in [5, 5.41) is 0. The molecule has 0 amide bonds. The second-order valence-corrected chi connectivity index (χ2v) is 6.60. The van der Waals surface area contributed by atoms with Crippen LogP contribution in [0, 0.1) is 11.8 Å². The van der Waals surface area contributed by atoms with Gasteiger partial charge in [0.15, 0.2) is 0 Å². The summed E-state index contributed by atoms with van der Waals surface area (Å²) in [4.78, 5) is 0. The predicted octanol–water partition coefficient (Wildman–Crippen LogP) is 7.07. The molecule has 0 radical (unpaired) electrons. The minimum absolute atomic E-state index is 1.07. The first-order valence-corrected chi connectivity index (χ1v) is 9.01. The van der Waals surface area contributed by atoms with Gasteiger partial charge in [0, 0.05) is 0 Å². The third-order valence-corrected chi connectivity index (χ3v) is 5.47. The van der Waals surface area contributed by atoms with Crippen molar-refractivity contribution in [1.29, 1.82) is 0 Å². The van der Waals surface area contributed by atoms with Gasteiger partial charge < -0.3 is 0 Å². The van der Waals surface area contributed by atoms with Crippen molar-refractivity contribution < 1.29 is 0 Å². The van der Waals surface area contributed by atoms with Gasteiger partial charge in [-0.2, -0.15) is 0 Å². The van der Waals surface area contributed by atoms with Crippen LogP contribution in [0.5, 0.6) is 0 Å². The highest BCUT2D eigenvalue weighted by Crippen LogP contribution is 2.31.